The summed E-state index contributed by atoms with van der Waals surface area (Å²) in [6.45, 7) is 4.30. The van der Waals surface area contributed by atoms with E-state index < -0.39 is 0 Å². The van der Waals surface area contributed by atoms with Gasteiger partial charge in [0.1, 0.15) is 11.6 Å². The molecule has 0 unspecified atom stereocenters. The lowest BCUT2D eigenvalue weighted by Gasteiger charge is -2.05. The summed E-state index contributed by atoms with van der Waals surface area (Å²) in [5, 5.41) is 3.79. The SMILES string of the molecule is CC(C)c1nc(COc2cc(F)cc(CN)c2)no1. The zero-order chi connectivity index (χ0) is 13.8. The highest BCUT2D eigenvalue weighted by atomic mass is 19.1. The van der Waals surface area contributed by atoms with Crippen molar-refractivity contribution in [3.63, 3.8) is 0 Å². The van der Waals surface area contributed by atoms with Crippen LogP contribution in [0.15, 0.2) is 22.7 Å². The number of hydrogen-bond donors (Lipinski definition) is 1. The average molecular weight is 265 g/mol. The summed E-state index contributed by atoms with van der Waals surface area (Å²) < 4.78 is 23.7. The van der Waals surface area contributed by atoms with Crippen LogP contribution < -0.4 is 10.5 Å². The average Bonchev–Trinajstić information content (AvgIpc) is 2.84. The van der Waals surface area contributed by atoms with E-state index in [0.29, 0.717) is 23.0 Å². The van der Waals surface area contributed by atoms with Gasteiger partial charge in [0.2, 0.25) is 11.7 Å². The minimum Gasteiger partial charge on any atom is -0.485 e. The Bertz CT molecular complexity index is 555. The highest BCUT2D eigenvalue weighted by molar-refractivity contribution is 5.29. The maximum absolute atomic E-state index is 13.3. The van der Waals surface area contributed by atoms with Gasteiger partial charge in [-0.3, -0.25) is 0 Å². The second kappa shape index (κ2) is 5.79. The first-order chi connectivity index (χ1) is 9.08. The van der Waals surface area contributed by atoms with Gasteiger partial charge in [0.15, 0.2) is 6.61 Å². The number of ether oxygens (including phenoxy) is 1. The first kappa shape index (κ1) is 13.5. The molecule has 0 aliphatic rings. The fraction of sp³-hybridized carbons (Fsp3) is 0.385. The van der Waals surface area contributed by atoms with Crippen molar-refractivity contribution in [3.8, 4) is 5.75 Å². The Morgan fingerprint density at radius 2 is 2.16 bits per heavy atom. The van der Waals surface area contributed by atoms with Crippen LogP contribution in [0, 0.1) is 5.82 Å². The Balaban J connectivity index is 2.03. The second-order valence-corrected chi connectivity index (χ2v) is 4.49. The van der Waals surface area contributed by atoms with Crippen molar-refractivity contribution < 1.29 is 13.7 Å². The molecule has 1 aromatic heterocycles. The summed E-state index contributed by atoms with van der Waals surface area (Å²) in [4.78, 5) is 4.17. The van der Waals surface area contributed by atoms with E-state index >= 15 is 0 Å². The third-order valence-electron chi connectivity index (χ3n) is 2.51. The molecule has 0 amide bonds. The molecule has 1 aromatic carbocycles. The first-order valence-electron chi connectivity index (χ1n) is 6.03. The number of rotatable bonds is 5. The van der Waals surface area contributed by atoms with Crippen molar-refractivity contribution >= 4 is 0 Å². The van der Waals surface area contributed by atoms with E-state index in [4.69, 9.17) is 15.0 Å². The standard InChI is InChI=1S/C13H16FN3O2/c1-8(2)13-16-12(17-19-13)7-18-11-4-9(6-15)3-10(14)5-11/h3-5,8H,6-7,15H2,1-2H3. The van der Waals surface area contributed by atoms with Gasteiger partial charge >= 0.3 is 0 Å². The van der Waals surface area contributed by atoms with Crippen molar-refractivity contribution in [2.75, 3.05) is 0 Å². The Kier molecular flexibility index (Phi) is 4.11. The molecule has 1 heterocycles. The quantitative estimate of drug-likeness (QED) is 0.898. The van der Waals surface area contributed by atoms with Gasteiger partial charge in [0.05, 0.1) is 0 Å². The molecule has 102 valence electrons. The van der Waals surface area contributed by atoms with Crippen LogP contribution in [-0.2, 0) is 13.2 Å². The first-order valence-corrected chi connectivity index (χ1v) is 6.03. The monoisotopic (exact) mass is 265 g/mol. The van der Waals surface area contributed by atoms with Crippen LogP contribution in [0.2, 0.25) is 0 Å². The van der Waals surface area contributed by atoms with E-state index in [9.17, 15) is 4.39 Å². The fourth-order valence-electron chi connectivity index (χ4n) is 1.53. The van der Waals surface area contributed by atoms with Crippen molar-refractivity contribution in [1.29, 1.82) is 0 Å². The summed E-state index contributed by atoms with van der Waals surface area (Å²) in [6.07, 6.45) is 0. The lowest BCUT2D eigenvalue weighted by atomic mass is 10.2. The normalized spacial score (nSPS) is 11.0. The number of nitrogens with zero attached hydrogens (tertiary/aromatic N) is 2. The number of halogens is 1. The zero-order valence-electron chi connectivity index (χ0n) is 10.9. The third-order valence-corrected chi connectivity index (χ3v) is 2.51. The Labute approximate surface area is 110 Å². The zero-order valence-corrected chi connectivity index (χ0v) is 10.9. The molecule has 0 bridgehead atoms. The molecule has 0 fully saturated rings. The molecule has 0 saturated carbocycles. The van der Waals surface area contributed by atoms with E-state index in [-0.39, 0.29) is 24.9 Å². The molecule has 2 aromatic rings. The highest BCUT2D eigenvalue weighted by Crippen LogP contribution is 2.18. The number of nitrogens with two attached hydrogens (primary N) is 1. The third kappa shape index (κ3) is 3.51. The van der Waals surface area contributed by atoms with Gasteiger partial charge in [-0.25, -0.2) is 4.39 Å². The molecule has 0 saturated heterocycles. The van der Waals surface area contributed by atoms with Gasteiger partial charge in [0.25, 0.3) is 0 Å². The smallest absolute Gasteiger partial charge is 0.229 e. The van der Waals surface area contributed by atoms with Crippen LogP contribution in [-0.4, -0.2) is 10.1 Å². The molecule has 0 atom stereocenters. The van der Waals surface area contributed by atoms with E-state index in [1.807, 2.05) is 13.8 Å². The van der Waals surface area contributed by atoms with Crippen molar-refractivity contribution in [3.05, 3.63) is 41.3 Å². The van der Waals surface area contributed by atoms with E-state index in [2.05, 4.69) is 10.1 Å². The Morgan fingerprint density at radius 1 is 1.37 bits per heavy atom. The van der Waals surface area contributed by atoms with Gasteiger partial charge in [-0.15, -0.1) is 0 Å². The predicted octanol–water partition coefficient (Wildman–Crippen LogP) is 2.37. The summed E-state index contributed by atoms with van der Waals surface area (Å²) >= 11 is 0. The van der Waals surface area contributed by atoms with Crippen LogP contribution in [0.1, 0.15) is 37.0 Å². The van der Waals surface area contributed by atoms with E-state index in [1.54, 1.807) is 6.07 Å². The van der Waals surface area contributed by atoms with Crippen molar-refractivity contribution in [2.24, 2.45) is 5.73 Å². The van der Waals surface area contributed by atoms with Crippen molar-refractivity contribution in [2.45, 2.75) is 32.9 Å². The molecule has 19 heavy (non-hydrogen) atoms. The molecule has 0 aliphatic heterocycles. The van der Waals surface area contributed by atoms with E-state index in [0.717, 1.165) is 0 Å². The van der Waals surface area contributed by atoms with Crippen molar-refractivity contribution in [1.82, 2.24) is 10.1 Å². The molecule has 0 spiro atoms. The van der Waals surface area contributed by atoms with Gasteiger partial charge in [-0.1, -0.05) is 19.0 Å². The highest BCUT2D eigenvalue weighted by Gasteiger charge is 2.10. The van der Waals surface area contributed by atoms with Crippen LogP contribution >= 0.6 is 0 Å². The minimum atomic E-state index is -0.381. The minimum absolute atomic E-state index is 0.129. The van der Waals surface area contributed by atoms with Gasteiger partial charge in [-0.05, 0) is 17.7 Å². The Morgan fingerprint density at radius 3 is 2.79 bits per heavy atom. The van der Waals surface area contributed by atoms with E-state index in [1.165, 1.54) is 12.1 Å². The predicted molar refractivity (Wildman–Crippen MR) is 67.0 cm³/mol. The number of aromatic nitrogens is 2. The molecule has 6 heteroatoms. The van der Waals surface area contributed by atoms with Gasteiger partial charge < -0.3 is 15.0 Å². The fourth-order valence-corrected chi connectivity index (χ4v) is 1.53. The summed E-state index contributed by atoms with van der Waals surface area (Å²) in [5.41, 5.74) is 6.14. The topological polar surface area (TPSA) is 74.2 Å². The van der Waals surface area contributed by atoms with Crippen LogP contribution in [0.25, 0.3) is 0 Å². The summed E-state index contributed by atoms with van der Waals surface area (Å²) in [6, 6.07) is 4.35. The second-order valence-electron chi connectivity index (χ2n) is 4.49. The van der Waals surface area contributed by atoms with Crippen LogP contribution in [0.4, 0.5) is 4.39 Å². The molecular weight excluding hydrogens is 249 g/mol. The molecule has 0 aliphatic carbocycles. The number of hydrogen-bond acceptors (Lipinski definition) is 5. The Hall–Kier alpha value is -1.95. The van der Waals surface area contributed by atoms with Gasteiger partial charge in [-0.2, -0.15) is 4.98 Å². The largest absolute Gasteiger partial charge is 0.485 e. The summed E-state index contributed by atoms with van der Waals surface area (Å²) in [7, 11) is 0. The maximum Gasteiger partial charge on any atom is 0.229 e. The summed E-state index contributed by atoms with van der Waals surface area (Å²) in [5.74, 6) is 1.17. The molecule has 5 nitrogen and oxygen atoms in total. The number of benzene rings is 1. The molecule has 2 N–H and O–H groups in total. The molecule has 0 radical (unpaired) electrons. The van der Waals surface area contributed by atoms with Gasteiger partial charge in [0, 0.05) is 18.5 Å². The van der Waals surface area contributed by atoms with Crippen LogP contribution in [0.5, 0.6) is 5.75 Å². The lowest BCUT2D eigenvalue weighted by Crippen LogP contribution is -2.01. The molecular formula is C13H16FN3O2. The maximum atomic E-state index is 13.3. The lowest BCUT2D eigenvalue weighted by molar-refractivity contribution is 0.283. The molecule has 2 rings (SSSR count). The van der Waals surface area contributed by atoms with Crippen LogP contribution in [0.3, 0.4) is 0 Å².